The largest absolute Gasteiger partial charge is 0.478 e. The van der Waals surface area contributed by atoms with Crippen LogP contribution in [0.1, 0.15) is 26.7 Å². The summed E-state index contributed by atoms with van der Waals surface area (Å²) in [6.45, 7) is 4.00. The lowest BCUT2D eigenvalue weighted by Crippen LogP contribution is -2.36. The number of sulfonamides is 1. The van der Waals surface area contributed by atoms with Gasteiger partial charge >= 0.3 is 0 Å². The van der Waals surface area contributed by atoms with Crippen LogP contribution in [0.4, 0.5) is 5.69 Å². The van der Waals surface area contributed by atoms with Crippen molar-refractivity contribution < 1.29 is 17.9 Å². The zero-order valence-electron chi connectivity index (χ0n) is 11.8. The monoisotopic (exact) mass is 332 g/mol. The molecule has 1 atom stereocenters. The van der Waals surface area contributed by atoms with Crippen LogP contribution in [-0.2, 0) is 14.8 Å². The second-order valence-electron chi connectivity index (χ2n) is 4.68. The van der Waals surface area contributed by atoms with Gasteiger partial charge in [-0.05, 0) is 18.9 Å². The van der Waals surface area contributed by atoms with Crippen molar-refractivity contribution in [2.45, 2.75) is 37.7 Å². The van der Waals surface area contributed by atoms with Gasteiger partial charge in [0.25, 0.3) is 5.91 Å². The molecule has 1 unspecified atom stereocenters. The Kier molecular flexibility index (Phi) is 4.75. The Morgan fingerprint density at radius 1 is 1.38 bits per heavy atom. The van der Waals surface area contributed by atoms with E-state index in [0.717, 1.165) is 0 Å². The van der Waals surface area contributed by atoms with Gasteiger partial charge in [-0.3, -0.25) is 4.79 Å². The number of amides is 1. The molecule has 0 saturated carbocycles. The summed E-state index contributed by atoms with van der Waals surface area (Å²) < 4.78 is 32.3. The number of carbonyl (C=O) groups is 1. The fourth-order valence-electron chi connectivity index (χ4n) is 1.94. The Morgan fingerprint density at radius 3 is 2.71 bits per heavy atom. The van der Waals surface area contributed by atoms with E-state index in [4.69, 9.17) is 16.3 Å². The fourth-order valence-corrected chi connectivity index (χ4v) is 3.61. The van der Waals surface area contributed by atoms with Gasteiger partial charge in [0.1, 0.15) is 10.6 Å². The summed E-state index contributed by atoms with van der Waals surface area (Å²) in [6, 6.07) is 2.74. The number of rotatable bonds is 5. The zero-order chi connectivity index (χ0) is 15.6. The van der Waals surface area contributed by atoms with Gasteiger partial charge in [-0.25, -0.2) is 13.1 Å². The van der Waals surface area contributed by atoms with E-state index in [2.05, 4.69) is 10.0 Å². The number of anilines is 1. The standard InChI is InChI=1S/C13H17ClN2O4S/c1-3-5-15-21(18,19)12-7-11-9(6-8(12)14)16-13(17)10(4-2)20-11/h6-7,10,15H,3-5H2,1-2H3,(H,16,17). The molecule has 2 N–H and O–H groups in total. The van der Waals surface area contributed by atoms with E-state index in [9.17, 15) is 13.2 Å². The molecular formula is C13H17ClN2O4S. The molecule has 0 saturated heterocycles. The fraction of sp³-hybridized carbons (Fsp3) is 0.462. The Morgan fingerprint density at radius 2 is 2.10 bits per heavy atom. The molecule has 0 fully saturated rings. The van der Waals surface area contributed by atoms with Crippen LogP contribution in [0, 0.1) is 0 Å². The second kappa shape index (κ2) is 6.21. The molecule has 0 aromatic heterocycles. The summed E-state index contributed by atoms with van der Waals surface area (Å²) >= 11 is 6.02. The molecule has 1 amide bonds. The van der Waals surface area contributed by atoms with Crippen LogP contribution in [0.5, 0.6) is 5.75 Å². The van der Waals surface area contributed by atoms with Crippen molar-refractivity contribution in [2.24, 2.45) is 0 Å². The number of halogens is 1. The average Bonchev–Trinajstić information content (AvgIpc) is 2.43. The number of hydrogen-bond donors (Lipinski definition) is 2. The van der Waals surface area contributed by atoms with Crippen LogP contribution in [0.2, 0.25) is 5.02 Å². The molecule has 6 nitrogen and oxygen atoms in total. The molecule has 0 bridgehead atoms. The normalized spacial score (nSPS) is 17.9. The summed E-state index contributed by atoms with van der Waals surface area (Å²) in [7, 11) is -3.70. The minimum absolute atomic E-state index is 0.0381. The van der Waals surface area contributed by atoms with Gasteiger partial charge in [0.2, 0.25) is 10.0 Å². The number of carbonyl (C=O) groups excluding carboxylic acids is 1. The highest BCUT2D eigenvalue weighted by atomic mass is 35.5. The Hall–Kier alpha value is -1.31. The lowest BCUT2D eigenvalue weighted by atomic mass is 10.2. The topological polar surface area (TPSA) is 84.5 Å². The first kappa shape index (κ1) is 16.1. The Balaban J connectivity index is 2.41. The highest BCUT2D eigenvalue weighted by molar-refractivity contribution is 7.89. The third kappa shape index (κ3) is 3.30. The zero-order valence-corrected chi connectivity index (χ0v) is 13.3. The molecule has 0 spiro atoms. The van der Waals surface area contributed by atoms with E-state index in [1.165, 1.54) is 12.1 Å². The molecule has 1 aromatic carbocycles. The molecule has 8 heteroatoms. The van der Waals surface area contributed by atoms with E-state index in [-0.39, 0.29) is 15.8 Å². The minimum atomic E-state index is -3.70. The maximum atomic E-state index is 12.2. The van der Waals surface area contributed by atoms with Gasteiger partial charge in [0, 0.05) is 12.6 Å². The van der Waals surface area contributed by atoms with Gasteiger partial charge in [0.05, 0.1) is 10.7 Å². The number of benzene rings is 1. The molecule has 2 rings (SSSR count). The van der Waals surface area contributed by atoms with Crippen molar-refractivity contribution in [2.75, 3.05) is 11.9 Å². The molecule has 1 heterocycles. The number of ether oxygens (including phenoxy) is 1. The van der Waals surface area contributed by atoms with Gasteiger partial charge < -0.3 is 10.1 Å². The molecule has 0 radical (unpaired) electrons. The van der Waals surface area contributed by atoms with Crippen LogP contribution in [0.3, 0.4) is 0 Å². The van der Waals surface area contributed by atoms with Gasteiger partial charge in [-0.1, -0.05) is 25.4 Å². The maximum absolute atomic E-state index is 12.2. The molecule has 1 aromatic rings. The van der Waals surface area contributed by atoms with Crippen LogP contribution < -0.4 is 14.8 Å². The van der Waals surface area contributed by atoms with Gasteiger partial charge in [0.15, 0.2) is 6.10 Å². The van der Waals surface area contributed by atoms with Crippen LogP contribution in [-0.4, -0.2) is 27.0 Å². The van der Waals surface area contributed by atoms with Crippen LogP contribution in [0.25, 0.3) is 0 Å². The SMILES string of the molecule is CCCNS(=O)(=O)c1cc2c(cc1Cl)NC(=O)C(CC)O2. The quantitative estimate of drug-likeness (QED) is 0.865. The molecule has 1 aliphatic rings. The highest BCUT2D eigenvalue weighted by Gasteiger charge is 2.29. The molecular weight excluding hydrogens is 316 g/mol. The minimum Gasteiger partial charge on any atom is -0.478 e. The summed E-state index contributed by atoms with van der Waals surface area (Å²) in [5, 5.41) is 2.70. The molecule has 116 valence electrons. The number of nitrogens with one attached hydrogen (secondary N) is 2. The Bertz CT molecular complexity index is 660. The molecule has 21 heavy (non-hydrogen) atoms. The average molecular weight is 333 g/mol. The van der Waals surface area contributed by atoms with Crippen LogP contribution in [0.15, 0.2) is 17.0 Å². The molecule has 0 aliphatic carbocycles. The second-order valence-corrected chi connectivity index (χ2v) is 6.82. The van der Waals surface area contributed by atoms with Gasteiger partial charge in [-0.2, -0.15) is 0 Å². The third-order valence-corrected chi connectivity index (χ3v) is 4.98. The van der Waals surface area contributed by atoms with E-state index >= 15 is 0 Å². The summed E-state index contributed by atoms with van der Waals surface area (Å²) in [5.74, 6) is 0.0449. The Labute approximate surface area is 128 Å². The first-order valence-corrected chi connectivity index (χ1v) is 8.56. The van der Waals surface area contributed by atoms with Crippen molar-refractivity contribution >= 4 is 33.2 Å². The number of fused-ring (bicyclic) bond motifs is 1. The van der Waals surface area contributed by atoms with Crippen molar-refractivity contribution in [1.82, 2.24) is 4.72 Å². The predicted octanol–water partition coefficient (Wildman–Crippen LogP) is 2.14. The first-order chi connectivity index (χ1) is 9.89. The molecule has 1 aliphatic heterocycles. The highest BCUT2D eigenvalue weighted by Crippen LogP contribution is 2.37. The van der Waals surface area contributed by atoms with Crippen molar-refractivity contribution in [3.8, 4) is 5.75 Å². The van der Waals surface area contributed by atoms with Crippen LogP contribution >= 0.6 is 11.6 Å². The maximum Gasteiger partial charge on any atom is 0.265 e. The van der Waals surface area contributed by atoms with E-state index in [0.29, 0.717) is 30.8 Å². The predicted molar refractivity (Wildman–Crippen MR) is 80.3 cm³/mol. The van der Waals surface area contributed by atoms with E-state index in [1.54, 1.807) is 0 Å². The van der Waals surface area contributed by atoms with E-state index < -0.39 is 16.1 Å². The summed E-state index contributed by atoms with van der Waals surface area (Å²) in [5.41, 5.74) is 0.379. The van der Waals surface area contributed by atoms with Gasteiger partial charge in [-0.15, -0.1) is 0 Å². The van der Waals surface area contributed by atoms with Crippen molar-refractivity contribution in [3.63, 3.8) is 0 Å². The summed E-state index contributed by atoms with van der Waals surface area (Å²) in [6.07, 6.45) is 0.536. The smallest absolute Gasteiger partial charge is 0.265 e. The summed E-state index contributed by atoms with van der Waals surface area (Å²) in [4.78, 5) is 11.7. The van der Waals surface area contributed by atoms with Crippen molar-refractivity contribution in [1.29, 1.82) is 0 Å². The number of hydrogen-bond acceptors (Lipinski definition) is 4. The van der Waals surface area contributed by atoms with E-state index in [1.807, 2.05) is 13.8 Å². The first-order valence-electron chi connectivity index (χ1n) is 6.69. The third-order valence-electron chi connectivity index (χ3n) is 3.06. The van der Waals surface area contributed by atoms with Crippen molar-refractivity contribution in [3.05, 3.63) is 17.2 Å². The lowest BCUT2D eigenvalue weighted by Gasteiger charge is -2.25. The lowest BCUT2D eigenvalue weighted by molar-refractivity contribution is -0.123.